The van der Waals surface area contributed by atoms with Gasteiger partial charge in [0.2, 0.25) is 5.91 Å². The van der Waals surface area contributed by atoms with E-state index < -0.39 is 0 Å². The molecular formula is C19H22N4O. The summed E-state index contributed by atoms with van der Waals surface area (Å²) in [5.74, 6) is 0.795. The van der Waals surface area contributed by atoms with Gasteiger partial charge in [-0.15, -0.1) is 0 Å². The number of nitrogens with two attached hydrogens (primary N) is 1. The van der Waals surface area contributed by atoms with Crippen LogP contribution in [0.4, 0.5) is 11.4 Å². The summed E-state index contributed by atoms with van der Waals surface area (Å²) in [5.41, 5.74) is 9.88. The van der Waals surface area contributed by atoms with Crippen molar-refractivity contribution in [3.63, 3.8) is 0 Å². The third-order valence-electron chi connectivity index (χ3n) is 3.64. The Labute approximate surface area is 141 Å². The largest absolute Gasteiger partial charge is 0.399 e. The lowest BCUT2D eigenvalue weighted by atomic mass is 9.92. The predicted octanol–water partition coefficient (Wildman–Crippen LogP) is 4.19. The Morgan fingerprint density at radius 3 is 2.54 bits per heavy atom. The van der Waals surface area contributed by atoms with E-state index in [4.69, 9.17) is 5.73 Å². The highest BCUT2D eigenvalue weighted by Crippen LogP contribution is 2.24. The average Bonchev–Trinajstić information content (AvgIpc) is 2.89. The Morgan fingerprint density at radius 1 is 1.17 bits per heavy atom. The van der Waals surface area contributed by atoms with Crippen LogP contribution in [0.1, 0.15) is 27.2 Å². The Kier molecular flexibility index (Phi) is 4.01. The first-order valence-electron chi connectivity index (χ1n) is 7.96. The van der Waals surface area contributed by atoms with Crippen LogP contribution in [0.5, 0.6) is 0 Å². The zero-order chi connectivity index (χ0) is 17.3. The summed E-state index contributed by atoms with van der Waals surface area (Å²) in [7, 11) is 0. The van der Waals surface area contributed by atoms with E-state index in [1.165, 1.54) is 0 Å². The molecule has 0 unspecified atom stereocenters. The number of benzene rings is 2. The number of hydrogen-bond acceptors (Lipinski definition) is 3. The minimum Gasteiger partial charge on any atom is -0.399 e. The van der Waals surface area contributed by atoms with Gasteiger partial charge >= 0.3 is 0 Å². The molecule has 24 heavy (non-hydrogen) atoms. The van der Waals surface area contributed by atoms with Crippen molar-refractivity contribution in [2.75, 3.05) is 11.1 Å². The van der Waals surface area contributed by atoms with Crippen molar-refractivity contribution >= 4 is 28.3 Å². The third kappa shape index (κ3) is 3.74. The lowest BCUT2D eigenvalue weighted by Crippen LogP contribution is -2.19. The summed E-state index contributed by atoms with van der Waals surface area (Å²) in [6, 6.07) is 13.2. The van der Waals surface area contributed by atoms with Crippen LogP contribution in [-0.4, -0.2) is 15.9 Å². The fourth-order valence-corrected chi connectivity index (χ4v) is 2.55. The Morgan fingerprint density at radius 2 is 1.88 bits per heavy atom. The monoisotopic (exact) mass is 322 g/mol. The second-order valence-electron chi connectivity index (χ2n) is 7.22. The highest BCUT2D eigenvalue weighted by molar-refractivity contribution is 5.93. The first-order chi connectivity index (χ1) is 11.3. The van der Waals surface area contributed by atoms with E-state index in [9.17, 15) is 4.79 Å². The first-order valence-corrected chi connectivity index (χ1v) is 7.96. The molecule has 1 heterocycles. The van der Waals surface area contributed by atoms with E-state index in [2.05, 4.69) is 15.3 Å². The van der Waals surface area contributed by atoms with Gasteiger partial charge in [-0.1, -0.05) is 20.8 Å². The molecule has 0 saturated carbocycles. The van der Waals surface area contributed by atoms with E-state index in [0.717, 1.165) is 33.8 Å². The number of anilines is 2. The molecule has 1 aromatic heterocycles. The Hall–Kier alpha value is -2.82. The Bertz CT molecular complexity index is 873. The zero-order valence-electron chi connectivity index (χ0n) is 14.2. The maximum atomic E-state index is 12.1. The minimum atomic E-state index is -0.0372. The number of fused-ring (bicyclic) bond motifs is 1. The van der Waals surface area contributed by atoms with Crippen LogP contribution in [0.3, 0.4) is 0 Å². The van der Waals surface area contributed by atoms with E-state index >= 15 is 0 Å². The van der Waals surface area contributed by atoms with E-state index in [-0.39, 0.29) is 11.3 Å². The molecule has 0 aliphatic carbocycles. The highest BCUT2D eigenvalue weighted by atomic mass is 16.1. The van der Waals surface area contributed by atoms with Gasteiger partial charge in [0.15, 0.2) is 0 Å². The molecule has 5 heteroatoms. The molecule has 5 nitrogen and oxygen atoms in total. The molecule has 0 atom stereocenters. The van der Waals surface area contributed by atoms with E-state index in [0.29, 0.717) is 6.42 Å². The van der Waals surface area contributed by atoms with Crippen LogP contribution in [0.25, 0.3) is 22.4 Å². The van der Waals surface area contributed by atoms with Gasteiger partial charge in [-0.25, -0.2) is 4.98 Å². The molecule has 124 valence electrons. The number of carbonyl (C=O) groups excluding carboxylic acids is 1. The molecule has 0 bridgehead atoms. The first kappa shape index (κ1) is 16.1. The van der Waals surface area contributed by atoms with Gasteiger partial charge in [0.1, 0.15) is 5.82 Å². The predicted molar refractivity (Wildman–Crippen MR) is 98.6 cm³/mol. The number of carbonyl (C=O) groups is 1. The van der Waals surface area contributed by atoms with Gasteiger partial charge in [0, 0.05) is 23.4 Å². The molecule has 3 aromatic rings. The van der Waals surface area contributed by atoms with E-state index in [1.807, 2.05) is 63.2 Å². The number of hydrogen-bond donors (Lipinski definition) is 3. The highest BCUT2D eigenvalue weighted by Gasteiger charge is 2.16. The fraction of sp³-hybridized carbons (Fsp3) is 0.263. The Balaban J connectivity index is 1.84. The van der Waals surface area contributed by atoms with Crippen LogP contribution >= 0.6 is 0 Å². The number of amides is 1. The number of aromatic amines is 1. The molecule has 1 amide bonds. The van der Waals surface area contributed by atoms with Gasteiger partial charge in [0.25, 0.3) is 0 Å². The molecule has 4 N–H and O–H groups in total. The smallest absolute Gasteiger partial charge is 0.224 e. The number of rotatable bonds is 3. The zero-order valence-corrected chi connectivity index (χ0v) is 14.2. The summed E-state index contributed by atoms with van der Waals surface area (Å²) in [6.07, 6.45) is 0.477. The second-order valence-corrected chi connectivity index (χ2v) is 7.22. The van der Waals surface area contributed by atoms with E-state index in [1.54, 1.807) is 0 Å². The maximum absolute atomic E-state index is 12.1. The number of nitrogens with zero attached hydrogens (tertiary/aromatic N) is 1. The van der Waals surface area contributed by atoms with Gasteiger partial charge in [0.05, 0.1) is 11.0 Å². The van der Waals surface area contributed by atoms with Gasteiger partial charge in [-0.2, -0.15) is 0 Å². The van der Waals surface area contributed by atoms with Crippen LogP contribution in [0.2, 0.25) is 0 Å². The van der Waals surface area contributed by atoms with Crippen molar-refractivity contribution in [1.29, 1.82) is 0 Å². The number of aromatic nitrogens is 2. The molecule has 0 aliphatic rings. The summed E-state index contributed by atoms with van der Waals surface area (Å²) in [6.45, 7) is 6.14. The molecule has 0 fully saturated rings. The lowest BCUT2D eigenvalue weighted by molar-refractivity contribution is -0.117. The van der Waals surface area contributed by atoms with Gasteiger partial charge < -0.3 is 16.0 Å². The van der Waals surface area contributed by atoms with Crippen molar-refractivity contribution in [3.8, 4) is 11.4 Å². The SMILES string of the molecule is CC(C)(C)CC(=O)Nc1ccc2nc(-c3ccc(N)cc3)[nH]c2c1. The van der Waals surface area contributed by atoms with Crippen molar-refractivity contribution in [2.24, 2.45) is 5.41 Å². The molecule has 3 rings (SSSR count). The van der Waals surface area contributed by atoms with Crippen molar-refractivity contribution in [1.82, 2.24) is 9.97 Å². The molecule has 0 spiro atoms. The van der Waals surface area contributed by atoms with Crippen molar-refractivity contribution < 1.29 is 4.79 Å². The van der Waals surface area contributed by atoms with Crippen LogP contribution in [0, 0.1) is 5.41 Å². The van der Waals surface area contributed by atoms with Crippen LogP contribution in [0.15, 0.2) is 42.5 Å². The number of nitrogens with one attached hydrogen (secondary N) is 2. The van der Waals surface area contributed by atoms with Crippen LogP contribution in [-0.2, 0) is 4.79 Å². The van der Waals surface area contributed by atoms with Gasteiger partial charge in [-0.05, 0) is 47.9 Å². The number of nitrogen functional groups attached to an aromatic ring is 1. The standard InChI is InChI=1S/C19H22N4O/c1-19(2,3)11-17(24)21-14-8-9-15-16(10-14)23-18(22-15)12-4-6-13(20)7-5-12/h4-10H,11,20H2,1-3H3,(H,21,24)(H,22,23). The van der Waals surface area contributed by atoms with Crippen molar-refractivity contribution in [2.45, 2.75) is 27.2 Å². The molecule has 0 saturated heterocycles. The number of H-pyrrole nitrogens is 1. The fourth-order valence-electron chi connectivity index (χ4n) is 2.55. The van der Waals surface area contributed by atoms with Crippen molar-refractivity contribution in [3.05, 3.63) is 42.5 Å². The minimum absolute atomic E-state index is 0.0140. The summed E-state index contributed by atoms with van der Waals surface area (Å²) >= 11 is 0. The van der Waals surface area contributed by atoms with Crippen LogP contribution < -0.4 is 11.1 Å². The lowest BCUT2D eigenvalue weighted by Gasteiger charge is -2.17. The number of imidazole rings is 1. The van der Waals surface area contributed by atoms with Gasteiger partial charge in [-0.3, -0.25) is 4.79 Å². The third-order valence-corrected chi connectivity index (χ3v) is 3.64. The summed E-state index contributed by atoms with van der Waals surface area (Å²) in [5, 5.41) is 2.94. The summed E-state index contributed by atoms with van der Waals surface area (Å²) in [4.78, 5) is 19.9. The topological polar surface area (TPSA) is 83.8 Å². The quantitative estimate of drug-likeness (QED) is 0.632. The molecule has 0 aliphatic heterocycles. The second kappa shape index (κ2) is 6.00. The molecule has 2 aromatic carbocycles. The maximum Gasteiger partial charge on any atom is 0.224 e. The normalized spacial score (nSPS) is 11.6. The summed E-state index contributed by atoms with van der Waals surface area (Å²) < 4.78 is 0. The average molecular weight is 322 g/mol. The molecular weight excluding hydrogens is 300 g/mol. The molecule has 0 radical (unpaired) electrons.